The molecule has 2 heterocycles. The van der Waals surface area contributed by atoms with E-state index in [1.54, 1.807) is 0 Å². The maximum atomic E-state index is 6.63. The maximum absolute atomic E-state index is 6.63. The Morgan fingerprint density at radius 1 is 0.403 bits per heavy atom. The first kappa shape index (κ1) is 43.7. The van der Waals surface area contributed by atoms with E-state index in [0.717, 1.165) is 23.0 Å². The predicted molar refractivity (Wildman–Crippen MR) is 267 cm³/mol. The number of fused-ring (bicyclic) bond motifs is 2. The third-order valence-corrected chi connectivity index (χ3v) is 30.5. The first-order valence-electron chi connectivity index (χ1n) is 21.2. The fourth-order valence-electron chi connectivity index (χ4n) is 10.6. The number of furan rings is 2. The summed E-state index contributed by atoms with van der Waals surface area (Å²) < 4.78 is 19.0. The molecular formula is C56H52Cl2O2SiZr. The van der Waals surface area contributed by atoms with E-state index in [4.69, 9.17) is 8.83 Å². The molecule has 0 saturated heterocycles. The van der Waals surface area contributed by atoms with E-state index >= 15 is 0 Å². The van der Waals surface area contributed by atoms with E-state index in [9.17, 15) is 0 Å². The van der Waals surface area contributed by atoms with Crippen LogP contribution in [0.5, 0.6) is 0 Å². The predicted octanol–water partition coefficient (Wildman–Crippen LogP) is 15.8. The van der Waals surface area contributed by atoms with Crippen LogP contribution in [-0.2, 0) is 17.4 Å². The molecule has 0 bridgehead atoms. The second-order valence-electron chi connectivity index (χ2n) is 18.2. The van der Waals surface area contributed by atoms with E-state index in [2.05, 4.69) is 214 Å². The molecule has 6 heteroatoms. The van der Waals surface area contributed by atoms with Crippen LogP contribution in [0.3, 0.4) is 0 Å². The standard InChI is InChI=1S/2C27H21O.2CH3.2ClH.H2Si.Zr/c2*1-18-8-10-23-16-24(26-15-9-19(2)28-26)17-25(23)27(18)22-13-11-21(12-14-22)20-6-4-3-5-7-20;;;;;;/h2*3-17H,1-2H3;2*1H3;2*1H;1H2;. The third-order valence-electron chi connectivity index (χ3n) is 13.3. The van der Waals surface area contributed by atoms with Crippen molar-refractivity contribution in [2.75, 3.05) is 0 Å². The second kappa shape index (κ2) is 16.6. The Morgan fingerprint density at radius 3 is 1.08 bits per heavy atom. The van der Waals surface area contributed by atoms with Crippen LogP contribution in [-0.4, -0.2) is 6.88 Å². The normalized spacial score (nSPS) is 15.5. The van der Waals surface area contributed by atoms with Gasteiger partial charge in [0.1, 0.15) is 0 Å². The quantitative estimate of drug-likeness (QED) is 0.142. The zero-order valence-electron chi connectivity index (χ0n) is 36.2. The Hall–Kier alpha value is -4.96. The molecule has 310 valence electrons. The van der Waals surface area contributed by atoms with Crippen molar-refractivity contribution in [3.05, 3.63) is 214 Å². The summed E-state index contributed by atoms with van der Waals surface area (Å²) in [6, 6.07) is 57.9. The van der Waals surface area contributed by atoms with Crippen LogP contribution in [0.2, 0.25) is 9.26 Å². The van der Waals surface area contributed by atoms with E-state index in [1.807, 2.05) is 0 Å². The first-order valence-corrected chi connectivity index (χ1v) is 34.8. The number of halogens is 2. The van der Waals surface area contributed by atoms with Gasteiger partial charge in [-0.25, -0.2) is 0 Å². The molecule has 2 aliphatic carbocycles. The van der Waals surface area contributed by atoms with Gasteiger partial charge in [0.05, 0.1) is 0 Å². The van der Waals surface area contributed by atoms with Crippen LogP contribution < -0.4 is 0 Å². The molecule has 8 aromatic rings. The Labute approximate surface area is 381 Å². The third kappa shape index (κ3) is 7.43. The first-order chi connectivity index (χ1) is 28.9. The molecule has 6 aromatic carbocycles. The van der Waals surface area contributed by atoms with Crippen LogP contribution in [0.4, 0.5) is 0 Å². The fraction of sp³-hybridized carbons (Fsp3) is 0.143. The van der Waals surface area contributed by atoms with Crippen molar-refractivity contribution in [3.63, 3.8) is 0 Å². The van der Waals surface area contributed by atoms with Crippen LogP contribution in [0.15, 0.2) is 167 Å². The molecule has 62 heavy (non-hydrogen) atoms. The van der Waals surface area contributed by atoms with Gasteiger partial charge in [-0.05, 0) is 0 Å². The molecule has 0 amide bonds. The Balaban J connectivity index is 0.00000264. The summed E-state index contributed by atoms with van der Waals surface area (Å²) in [5.74, 6) is 3.83. The van der Waals surface area contributed by atoms with Crippen molar-refractivity contribution >= 4 is 55.0 Å². The van der Waals surface area contributed by atoms with Gasteiger partial charge in [0.25, 0.3) is 0 Å². The van der Waals surface area contributed by atoms with E-state index in [1.165, 1.54) is 89.0 Å². The Morgan fingerprint density at radius 2 is 0.742 bits per heavy atom. The molecule has 0 saturated carbocycles. The molecule has 0 radical (unpaired) electrons. The van der Waals surface area contributed by atoms with Crippen molar-refractivity contribution < 1.29 is 26.2 Å². The largest absolute Gasteiger partial charge is 0.147 e. The Kier molecular flexibility index (Phi) is 11.7. The van der Waals surface area contributed by atoms with Gasteiger partial charge in [-0.3, -0.25) is 0 Å². The minimum Gasteiger partial charge on any atom is -0.147 e. The summed E-state index contributed by atoms with van der Waals surface area (Å²) in [7, 11) is 0. The fourth-order valence-corrected chi connectivity index (χ4v) is 29.0. The molecular weight excluding hydrogens is 895 g/mol. The topological polar surface area (TPSA) is 26.3 Å². The average molecular weight is 947 g/mol. The molecule has 2 atom stereocenters. The number of benzene rings is 6. The van der Waals surface area contributed by atoms with E-state index in [-0.39, 0.29) is 32.1 Å². The van der Waals surface area contributed by atoms with Crippen LogP contribution in [0.1, 0.15) is 63.7 Å². The van der Waals surface area contributed by atoms with E-state index < -0.39 is 17.4 Å². The minimum absolute atomic E-state index is 0. The van der Waals surface area contributed by atoms with Crippen molar-refractivity contribution in [2.45, 2.75) is 44.2 Å². The van der Waals surface area contributed by atoms with Crippen LogP contribution >= 0.6 is 24.8 Å². The van der Waals surface area contributed by atoms with Crippen molar-refractivity contribution in [3.8, 4) is 44.5 Å². The minimum atomic E-state index is -4.25. The molecule has 0 spiro atoms. The average Bonchev–Trinajstić information content (AvgIpc) is 4.07. The van der Waals surface area contributed by atoms with Gasteiger partial charge in [0.2, 0.25) is 0 Å². The van der Waals surface area contributed by atoms with Crippen LogP contribution in [0, 0.1) is 27.7 Å². The number of hydrogen-bond acceptors (Lipinski definition) is 2. The van der Waals surface area contributed by atoms with Crippen molar-refractivity contribution in [2.24, 2.45) is 0 Å². The Bertz CT molecular complexity index is 2890. The molecule has 0 fully saturated rings. The molecule has 2 nitrogen and oxygen atoms in total. The summed E-state index contributed by atoms with van der Waals surface area (Å²) in [5, 5.41) is 0. The zero-order valence-corrected chi connectivity index (χ0v) is 41.7. The van der Waals surface area contributed by atoms with Gasteiger partial charge < -0.3 is 0 Å². The summed E-state index contributed by atoms with van der Waals surface area (Å²) >= 11 is -4.25. The summed E-state index contributed by atoms with van der Waals surface area (Å²) in [4.78, 5) is 0. The van der Waals surface area contributed by atoms with Gasteiger partial charge in [-0.15, -0.1) is 24.8 Å². The summed E-state index contributed by atoms with van der Waals surface area (Å²) in [6.07, 6.45) is 4.98. The molecule has 2 aliphatic rings. The zero-order chi connectivity index (χ0) is 41.4. The molecule has 0 aliphatic heterocycles. The van der Waals surface area contributed by atoms with Crippen molar-refractivity contribution in [1.82, 2.24) is 0 Å². The van der Waals surface area contributed by atoms with Crippen LogP contribution in [0.25, 0.3) is 67.8 Å². The monoisotopic (exact) mass is 944 g/mol. The second-order valence-corrected chi connectivity index (χ2v) is 48.7. The summed E-state index contributed by atoms with van der Waals surface area (Å²) in [6.45, 7) is 11.0. The van der Waals surface area contributed by atoms with Gasteiger partial charge in [0, 0.05) is 0 Å². The smallest absolute Gasteiger partial charge is 0.147 e. The molecule has 2 aromatic heterocycles. The number of aryl methyl sites for hydroxylation is 4. The van der Waals surface area contributed by atoms with Gasteiger partial charge in [-0.2, -0.15) is 0 Å². The van der Waals surface area contributed by atoms with Gasteiger partial charge >= 0.3 is 359 Å². The molecule has 0 N–H and O–H groups in total. The van der Waals surface area contributed by atoms with E-state index in [0.29, 0.717) is 0 Å². The van der Waals surface area contributed by atoms with Gasteiger partial charge in [-0.1, -0.05) is 0 Å². The summed E-state index contributed by atoms with van der Waals surface area (Å²) in [5.41, 5.74) is 20.7. The SMILES string of the molecule is Cc1ccc(C2=Cc3c(ccc(C)c3-c3ccc(-c4ccccc4)cc3)[CH]2[Zr]([CH3])([CH3])(=[SiH2])[CH]2C(c3ccc(C)o3)=Cc3c2ccc(C)c3-c2ccc(-c3ccccc3)cc2)o1.Cl.Cl. The number of rotatable bonds is 8. The maximum Gasteiger partial charge on any atom is -0.147 e. The van der Waals surface area contributed by atoms with Gasteiger partial charge in [0.15, 0.2) is 0 Å². The number of allylic oxidation sites excluding steroid dienone is 2. The molecule has 10 rings (SSSR count). The number of hydrogen-bond donors (Lipinski definition) is 0. The van der Waals surface area contributed by atoms with Crippen molar-refractivity contribution in [1.29, 1.82) is 0 Å². The molecule has 2 unspecified atom stereocenters.